The predicted molar refractivity (Wildman–Crippen MR) is 220 cm³/mol. The molecule has 0 aromatic carbocycles. The zero-order valence-corrected chi connectivity index (χ0v) is 35.2. The summed E-state index contributed by atoms with van der Waals surface area (Å²) >= 11 is 0. The topological polar surface area (TPSA) is 134 Å². The molecule has 3 N–H and O–H groups in total. The number of nitrogens with two attached hydrogens (primary N) is 1. The predicted octanol–water partition coefficient (Wildman–Crippen LogP) is 12.4. The van der Waals surface area contributed by atoms with Crippen molar-refractivity contribution in [2.75, 3.05) is 26.4 Å². The van der Waals surface area contributed by atoms with Crippen LogP contribution in [-0.4, -0.2) is 49.3 Å². The van der Waals surface area contributed by atoms with E-state index in [1.165, 1.54) is 116 Å². The van der Waals surface area contributed by atoms with Crippen molar-refractivity contribution in [3.63, 3.8) is 0 Å². The van der Waals surface area contributed by atoms with Crippen LogP contribution in [0.4, 0.5) is 0 Å². The minimum Gasteiger partial charge on any atom is -0.462 e. The number of carbonyl (C=O) groups excluding carboxylic acids is 2. The van der Waals surface area contributed by atoms with Gasteiger partial charge >= 0.3 is 19.8 Å². The minimum absolute atomic E-state index is 0.0530. The van der Waals surface area contributed by atoms with Crippen LogP contribution >= 0.6 is 7.82 Å². The van der Waals surface area contributed by atoms with Crippen molar-refractivity contribution in [3.05, 3.63) is 24.3 Å². The Labute approximate surface area is 325 Å². The molecule has 0 aromatic rings. The van der Waals surface area contributed by atoms with Crippen molar-refractivity contribution in [2.24, 2.45) is 5.73 Å². The van der Waals surface area contributed by atoms with Crippen molar-refractivity contribution in [1.29, 1.82) is 0 Å². The number of hydrogen-bond acceptors (Lipinski definition) is 8. The average Bonchev–Trinajstić information content (AvgIpc) is 3.14. The Balaban J connectivity index is 4.13. The van der Waals surface area contributed by atoms with Crippen LogP contribution in [0.15, 0.2) is 24.3 Å². The highest BCUT2D eigenvalue weighted by molar-refractivity contribution is 7.47. The van der Waals surface area contributed by atoms with Gasteiger partial charge in [-0.05, 0) is 64.2 Å². The molecule has 0 amide bonds. The zero-order valence-electron chi connectivity index (χ0n) is 34.3. The summed E-state index contributed by atoms with van der Waals surface area (Å²) in [5.74, 6) is -0.836. The third-order valence-corrected chi connectivity index (χ3v) is 10.3. The second-order valence-electron chi connectivity index (χ2n) is 14.6. The number of carbonyl (C=O) groups is 2. The first kappa shape index (κ1) is 51.5. The molecule has 0 aromatic heterocycles. The van der Waals surface area contributed by atoms with Gasteiger partial charge in [0.2, 0.25) is 0 Å². The van der Waals surface area contributed by atoms with Gasteiger partial charge in [-0.1, -0.05) is 154 Å². The Morgan fingerprint density at radius 3 is 1.36 bits per heavy atom. The monoisotopic (exact) mass is 772 g/mol. The number of esters is 2. The van der Waals surface area contributed by atoms with Gasteiger partial charge < -0.3 is 20.1 Å². The average molecular weight is 772 g/mol. The lowest BCUT2D eigenvalue weighted by molar-refractivity contribution is -0.161. The standard InChI is InChI=1S/C43H82NO8P/c1-3-5-7-9-11-13-15-17-18-19-20-21-22-24-26-28-30-32-34-36-43(46)52-41(40-51-53(47,48)50-38-37-44)39-49-42(45)35-33-31-29-27-25-23-16-14-12-10-8-6-4-2/h14,16-18,41H,3-13,15,19-40,44H2,1-2H3,(H,47,48)/b16-14+,18-17+/t41-/m1/s1. The lowest BCUT2D eigenvalue weighted by atomic mass is 10.1. The van der Waals surface area contributed by atoms with E-state index in [9.17, 15) is 19.0 Å². The highest BCUT2D eigenvalue weighted by atomic mass is 31.2. The van der Waals surface area contributed by atoms with Crippen LogP contribution in [0, 0.1) is 0 Å². The molecular weight excluding hydrogens is 689 g/mol. The molecule has 0 aliphatic carbocycles. The van der Waals surface area contributed by atoms with Crippen molar-refractivity contribution in [3.8, 4) is 0 Å². The molecule has 9 nitrogen and oxygen atoms in total. The number of phosphoric ester groups is 1. The van der Waals surface area contributed by atoms with E-state index in [2.05, 4.69) is 38.2 Å². The summed E-state index contributed by atoms with van der Waals surface area (Å²) in [4.78, 5) is 34.8. The summed E-state index contributed by atoms with van der Waals surface area (Å²) in [5.41, 5.74) is 5.34. The van der Waals surface area contributed by atoms with Crippen molar-refractivity contribution >= 4 is 19.8 Å². The van der Waals surface area contributed by atoms with Gasteiger partial charge in [0, 0.05) is 19.4 Å². The summed E-state index contributed by atoms with van der Waals surface area (Å²) in [6.07, 6.45) is 42.0. The number of rotatable bonds is 41. The van der Waals surface area contributed by atoms with E-state index in [0.717, 1.165) is 57.8 Å². The van der Waals surface area contributed by atoms with E-state index in [1.54, 1.807) is 0 Å². The minimum atomic E-state index is -4.37. The highest BCUT2D eigenvalue weighted by Gasteiger charge is 2.26. The lowest BCUT2D eigenvalue weighted by Crippen LogP contribution is -2.29. The van der Waals surface area contributed by atoms with Gasteiger partial charge in [0.15, 0.2) is 6.10 Å². The quantitative estimate of drug-likeness (QED) is 0.0269. The maximum Gasteiger partial charge on any atom is 0.472 e. The molecule has 53 heavy (non-hydrogen) atoms. The van der Waals surface area contributed by atoms with Crippen LogP contribution in [0.1, 0.15) is 206 Å². The summed E-state index contributed by atoms with van der Waals surface area (Å²) in [6, 6.07) is 0. The lowest BCUT2D eigenvalue weighted by Gasteiger charge is -2.19. The number of hydrogen-bond donors (Lipinski definition) is 2. The molecule has 0 rings (SSSR count). The number of ether oxygens (including phenoxy) is 2. The van der Waals surface area contributed by atoms with E-state index >= 15 is 0 Å². The van der Waals surface area contributed by atoms with Crippen LogP contribution in [0.2, 0.25) is 0 Å². The van der Waals surface area contributed by atoms with Gasteiger partial charge in [0.25, 0.3) is 0 Å². The number of phosphoric acid groups is 1. The fourth-order valence-corrected chi connectivity index (χ4v) is 6.80. The Hall–Kier alpha value is -1.51. The Morgan fingerprint density at radius 2 is 0.925 bits per heavy atom. The smallest absolute Gasteiger partial charge is 0.462 e. The van der Waals surface area contributed by atoms with Crippen LogP contribution in [0.3, 0.4) is 0 Å². The normalized spacial score (nSPS) is 13.5. The molecule has 1 unspecified atom stereocenters. The Bertz CT molecular complexity index is 928. The molecule has 0 bridgehead atoms. The van der Waals surface area contributed by atoms with Crippen LogP contribution < -0.4 is 5.73 Å². The molecule has 0 spiro atoms. The molecule has 0 fully saturated rings. The third-order valence-electron chi connectivity index (χ3n) is 9.31. The first-order valence-electron chi connectivity index (χ1n) is 21.8. The molecule has 312 valence electrons. The first-order chi connectivity index (χ1) is 25.8. The molecule has 0 heterocycles. The maximum atomic E-state index is 12.6. The third kappa shape index (κ3) is 40.0. The SMILES string of the molecule is CCCCCC/C=C/CCCCCCCC(=O)OC[C@H](COP(=O)(O)OCCN)OC(=O)CCCCCCCCCCC/C=C/CCCCCCCC. The Kier molecular flexibility index (Phi) is 39.0. The molecule has 10 heteroatoms. The Morgan fingerprint density at radius 1 is 0.547 bits per heavy atom. The van der Waals surface area contributed by atoms with E-state index in [4.69, 9.17) is 24.3 Å². The summed E-state index contributed by atoms with van der Waals surface area (Å²) in [5, 5.41) is 0. The second-order valence-corrected chi connectivity index (χ2v) is 16.0. The number of unbranched alkanes of at least 4 members (excludes halogenated alkanes) is 24. The summed E-state index contributed by atoms with van der Waals surface area (Å²) in [6.45, 7) is 3.71. The van der Waals surface area contributed by atoms with Gasteiger partial charge in [0.05, 0.1) is 13.2 Å². The van der Waals surface area contributed by atoms with Gasteiger partial charge in [0.1, 0.15) is 6.61 Å². The summed E-state index contributed by atoms with van der Waals surface area (Å²) < 4.78 is 32.8. The van der Waals surface area contributed by atoms with Crippen molar-refractivity contribution in [2.45, 2.75) is 213 Å². The molecule has 0 saturated carbocycles. The highest BCUT2D eigenvalue weighted by Crippen LogP contribution is 2.43. The van der Waals surface area contributed by atoms with Gasteiger partial charge in [-0.3, -0.25) is 18.6 Å². The van der Waals surface area contributed by atoms with Crippen LogP contribution in [0.5, 0.6) is 0 Å². The van der Waals surface area contributed by atoms with E-state index in [1.807, 2.05) is 0 Å². The van der Waals surface area contributed by atoms with E-state index < -0.39 is 26.5 Å². The molecule has 2 atom stereocenters. The molecule has 0 aliphatic rings. The summed E-state index contributed by atoms with van der Waals surface area (Å²) in [7, 11) is -4.37. The number of allylic oxidation sites excluding steroid dienone is 4. The molecule has 0 saturated heterocycles. The fraction of sp³-hybridized carbons (Fsp3) is 0.860. The van der Waals surface area contributed by atoms with E-state index in [0.29, 0.717) is 6.42 Å². The van der Waals surface area contributed by atoms with Crippen LogP contribution in [0.25, 0.3) is 0 Å². The fourth-order valence-electron chi connectivity index (χ4n) is 6.04. The molecule has 0 radical (unpaired) electrons. The first-order valence-corrected chi connectivity index (χ1v) is 23.3. The van der Waals surface area contributed by atoms with Crippen molar-refractivity contribution in [1.82, 2.24) is 0 Å². The van der Waals surface area contributed by atoms with Crippen molar-refractivity contribution < 1.29 is 37.6 Å². The largest absolute Gasteiger partial charge is 0.472 e. The maximum absolute atomic E-state index is 12.6. The van der Waals surface area contributed by atoms with Gasteiger partial charge in [-0.15, -0.1) is 0 Å². The molecule has 0 aliphatic heterocycles. The second kappa shape index (κ2) is 40.2. The zero-order chi connectivity index (χ0) is 38.9. The van der Waals surface area contributed by atoms with Gasteiger partial charge in [-0.2, -0.15) is 0 Å². The van der Waals surface area contributed by atoms with Gasteiger partial charge in [-0.25, -0.2) is 4.57 Å². The van der Waals surface area contributed by atoms with Crippen LogP contribution in [-0.2, 0) is 32.7 Å². The van der Waals surface area contributed by atoms with E-state index in [-0.39, 0.29) is 38.6 Å². The molecular formula is C43H82NO8P.